The van der Waals surface area contributed by atoms with Gasteiger partial charge in [-0.2, -0.15) is 4.57 Å². The lowest BCUT2D eigenvalue weighted by Crippen LogP contribution is -3.00. The molecule has 0 spiro atoms. The number of carbonyl (C=O) groups excluding carboxylic acids is 3. The molecule has 0 aliphatic rings. The molecule has 7 N–H and O–H groups in total. The minimum absolute atomic E-state index is 0. The van der Waals surface area contributed by atoms with Crippen LogP contribution in [0.5, 0.6) is 0 Å². The number of rotatable bonds is 13. The summed E-state index contributed by atoms with van der Waals surface area (Å²) in [5.41, 5.74) is 6.94. The largest absolute Gasteiger partial charge is 1.00 e. The number of thioether (sulfide) groups is 2. The molecule has 0 atom stereocenters. The zero-order valence-corrected chi connectivity index (χ0v) is 35.2. The number of nitrogens with zero attached hydrogens (tertiary/aromatic N) is 8. The summed E-state index contributed by atoms with van der Waals surface area (Å²) in [6, 6.07) is 30.1. The predicted molar refractivity (Wildman–Crippen MR) is 230 cm³/mol. The van der Waals surface area contributed by atoms with Crippen molar-refractivity contribution in [2.45, 2.75) is 37.6 Å². The van der Waals surface area contributed by atoms with E-state index in [0.29, 0.717) is 22.0 Å². The van der Waals surface area contributed by atoms with E-state index in [1.165, 1.54) is 32.9 Å². The van der Waals surface area contributed by atoms with E-state index in [1.807, 2.05) is 106 Å². The highest BCUT2D eigenvalue weighted by Gasteiger charge is 2.17. The third-order valence-corrected chi connectivity index (χ3v) is 10.6. The van der Waals surface area contributed by atoms with Gasteiger partial charge in [0.25, 0.3) is 5.91 Å². The summed E-state index contributed by atoms with van der Waals surface area (Å²) >= 11 is 2.44. The first-order valence-electron chi connectivity index (χ1n) is 18.2. The Labute approximate surface area is 361 Å². The third-order valence-electron chi connectivity index (χ3n) is 8.67. The van der Waals surface area contributed by atoms with Gasteiger partial charge in [0.05, 0.1) is 11.5 Å². The maximum atomic E-state index is 12.4. The zero-order chi connectivity index (χ0) is 41.7. The van der Waals surface area contributed by atoms with Gasteiger partial charge in [0.2, 0.25) is 28.7 Å². The molecular formula is C41H42ClN13O3S2. The van der Waals surface area contributed by atoms with Gasteiger partial charge in [-0.15, -0.1) is 20.4 Å². The van der Waals surface area contributed by atoms with Crippen molar-refractivity contribution in [2.75, 3.05) is 39.1 Å². The molecule has 0 saturated heterocycles. The van der Waals surface area contributed by atoms with Gasteiger partial charge in [-0.1, -0.05) is 78.1 Å². The Hall–Kier alpha value is -6.76. The van der Waals surface area contributed by atoms with Crippen LogP contribution in [-0.2, 0) is 20.9 Å². The number of para-hydroxylation sites is 3. The normalized spacial score (nSPS) is 10.4. The summed E-state index contributed by atoms with van der Waals surface area (Å²) in [7, 11) is 0. The van der Waals surface area contributed by atoms with Crippen LogP contribution in [0.3, 0.4) is 0 Å². The molecule has 7 rings (SSSR count). The van der Waals surface area contributed by atoms with Gasteiger partial charge in [-0.25, -0.2) is 9.35 Å². The Morgan fingerprint density at radius 3 is 1.37 bits per heavy atom. The van der Waals surface area contributed by atoms with E-state index in [4.69, 9.17) is 11.7 Å². The van der Waals surface area contributed by atoms with E-state index in [2.05, 4.69) is 41.3 Å². The van der Waals surface area contributed by atoms with E-state index < -0.39 is 0 Å². The average molecular weight is 864 g/mol. The molecule has 7 aromatic rings. The van der Waals surface area contributed by atoms with Crippen molar-refractivity contribution < 1.29 is 31.4 Å². The maximum Gasteiger partial charge on any atom is 0.290 e. The number of aryl methyl sites for hydroxylation is 3. The lowest BCUT2D eigenvalue weighted by atomic mass is 10.2. The van der Waals surface area contributed by atoms with E-state index in [-0.39, 0.29) is 48.2 Å². The average Bonchev–Trinajstić information content (AvgIpc) is 3.80. The van der Waals surface area contributed by atoms with Gasteiger partial charge in [0.1, 0.15) is 0 Å². The Bertz CT molecular complexity index is 2550. The van der Waals surface area contributed by atoms with Gasteiger partial charge in [-0.05, 0) is 67.8 Å². The smallest absolute Gasteiger partial charge is 0.290 e. The number of hydrogen-bond donors (Lipinski definition) is 5. The van der Waals surface area contributed by atoms with Crippen LogP contribution in [0.4, 0.5) is 17.1 Å². The van der Waals surface area contributed by atoms with Crippen LogP contribution in [0.15, 0.2) is 132 Å². The van der Waals surface area contributed by atoms with E-state index in [9.17, 15) is 14.4 Å². The van der Waals surface area contributed by atoms with Gasteiger partial charge < -0.3 is 40.0 Å². The van der Waals surface area contributed by atoms with Crippen LogP contribution in [0.25, 0.3) is 22.8 Å². The summed E-state index contributed by atoms with van der Waals surface area (Å²) < 4.78 is 4.50. The van der Waals surface area contributed by atoms with Crippen molar-refractivity contribution in [3.63, 3.8) is 0 Å². The number of aromatic nitrogens is 8. The van der Waals surface area contributed by atoms with Crippen molar-refractivity contribution in [1.29, 1.82) is 0 Å². The number of nitrogens with one attached hydrogen (secondary N) is 3. The standard InChI is InChI=1S/C25H25N7O2S.C16H16N6OS.ClH/c1-17-7-3-5-9-20(17)27-22(33)15-31-13-11-19(12-14-31)24-29-30-25(32(24)26)35-16-23(34)28-21-10-6-4-8-18(21)2;1-11-4-2-3-5-13(11)19-14(23)10-24-16-21-20-15(22(16)17)12-6-8-18-9-7-12;/h3-14H,15-16H2,1-2H3,(H3-,26,27,28,29,33,34);2-9H,10,17H2,1H3,(H,19,23);1H. The van der Waals surface area contributed by atoms with E-state index >= 15 is 0 Å². The van der Waals surface area contributed by atoms with Crippen LogP contribution < -0.4 is 44.6 Å². The molecule has 3 amide bonds. The predicted octanol–water partition coefficient (Wildman–Crippen LogP) is 2.03. The quantitative estimate of drug-likeness (QED) is 0.0640. The van der Waals surface area contributed by atoms with E-state index in [1.54, 1.807) is 41.5 Å². The molecular weight excluding hydrogens is 822 g/mol. The summed E-state index contributed by atoms with van der Waals surface area (Å²) in [5, 5.41) is 26.0. The number of halogens is 1. The number of hydrogen-bond acceptors (Lipinski definition) is 12. The highest BCUT2D eigenvalue weighted by atomic mass is 35.5. The SMILES string of the molecule is Cc1ccccc1NC(=O)CSc1nnc(-c2cc[n+](CC(=O)Nc3ccccc3C)cc2)n1N.Cc1ccccc1NC(=O)CSc1nnc(-c2ccncc2)n1N.[Cl-]. The molecule has 0 fully saturated rings. The van der Waals surface area contributed by atoms with Crippen LogP contribution in [0, 0.1) is 20.8 Å². The number of nitrogen functional groups attached to an aromatic ring is 2. The van der Waals surface area contributed by atoms with Crippen molar-refractivity contribution >= 4 is 58.3 Å². The number of pyridine rings is 2. The Morgan fingerprint density at radius 2 is 0.950 bits per heavy atom. The Kier molecular flexibility index (Phi) is 15.7. The van der Waals surface area contributed by atoms with Gasteiger partial charge in [-0.3, -0.25) is 19.4 Å². The number of anilines is 3. The molecule has 60 heavy (non-hydrogen) atoms. The highest BCUT2D eigenvalue weighted by Crippen LogP contribution is 2.23. The molecule has 0 bridgehead atoms. The first-order chi connectivity index (χ1) is 28.5. The second kappa shape index (κ2) is 21.3. The first kappa shape index (κ1) is 44.3. The lowest BCUT2D eigenvalue weighted by Gasteiger charge is -2.08. The maximum absolute atomic E-state index is 12.4. The third kappa shape index (κ3) is 11.9. The van der Waals surface area contributed by atoms with E-state index in [0.717, 1.165) is 44.9 Å². The van der Waals surface area contributed by atoms with Crippen molar-refractivity contribution in [3.05, 3.63) is 139 Å². The lowest BCUT2D eigenvalue weighted by molar-refractivity contribution is -0.684. The van der Waals surface area contributed by atoms with Crippen LogP contribution in [0.1, 0.15) is 16.7 Å². The molecule has 4 aromatic heterocycles. The summed E-state index contributed by atoms with van der Waals surface area (Å²) in [6.07, 6.45) is 6.88. The van der Waals surface area contributed by atoms with Crippen molar-refractivity contribution in [2.24, 2.45) is 0 Å². The van der Waals surface area contributed by atoms with Gasteiger partial charge >= 0.3 is 0 Å². The first-order valence-corrected chi connectivity index (χ1v) is 20.2. The molecule has 0 radical (unpaired) electrons. The van der Waals surface area contributed by atoms with Gasteiger partial charge in [0, 0.05) is 52.7 Å². The molecule has 3 aromatic carbocycles. The zero-order valence-electron chi connectivity index (χ0n) is 32.8. The van der Waals surface area contributed by atoms with Crippen LogP contribution >= 0.6 is 23.5 Å². The molecule has 0 aliphatic carbocycles. The highest BCUT2D eigenvalue weighted by molar-refractivity contribution is 8.00. The fourth-order valence-electron chi connectivity index (χ4n) is 5.49. The second-order valence-electron chi connectivity index (χ2n) is 13.0. The Morgan fingerprint density at radius 1 is 0.567 bits per heavy atom. The fourth-order valence-corrected chi connectivity index (χ4v) is 6.80. The fraction of sp³-hybridized carbons (Fsp3) is 0.146. The molecule has 0 aliphatic heterocycles. The van der Waals surface area contributed by atoms with Crippen molar-refractivity contribution in [1.82, 2.24) is 34.7 Å². The Balaban J connectivity index is 0.000000239. The van der Waals surface area contributed by atoms with Crippen LogP contribution in [0.2, 0.25) is 0 Å². The number of amides is 3. The molecule has 16 nitrogen and oxygen atoms in total. The summed E-state index contributed by atoms with van der Waals surface area (Å²) in [6.45, 7) is 6.00. The number of carbonyl (C=O) groups is 3. The topological polar surface area (TPSA) is 218 Å². The van der Waals surface area contributed by atoms with Gasteiger partial charge in [0.15, 0.2) is 24.0 Å². The second-order valence-corrected chi connectivity index (χ2v) is 14.9. The molecule has 4 heterocycles. The minimum atomic E-state index is -0.154. The molecule has 0 unspecified atom stereocenters. The number of benzene rings is 3. The molecule has 19 heteroatoms. The monoisotopic (exact) mass is 863 g/mol. The number of nitrogens with two attached hydrogens (primary N) is 2. The summed E-state index contributed by atoms with van der Waals surface area (Å²) in [5.74, 6) is 13.1. The van der Waals surface area contributed by atoms with Crippen molar-refractivity contribution in [3.8, 4) is 22.8 Å². The molecule has 308 valence electrons. The minimum Gasteiger partial charge on any atom is -1.00 e. The van der Waals surface area contributed by atoms with Crippen LogP contribution in [-0.4, -0.2) is 64.0 Å². The summed E-state index contributed by atoms with van der Waals surface area (Å²) in [4.78, 5) is 40.8. The molecule has 0 saturated carbocycles.